The minimum atomic E-state index is 0. The molecule has 1 N–H and O–H groups in total. The molecule has 0 radical (unpaired) electrons. The first kappa shape index (κ1) is 17.6. The third kappa shape index (κ3) is 5.48. The lowest BCUT2D eigenvalue weighted by atomic mass is 10.1. The first-order chi connectivity index (χ1) is 9.29. The molecule has 20 heavy (non-hydrogen) atoms. The summed E-state index contributed by atoms with van der Waals surface area (Å²) in [6.45, 7) is 6.13. The van der Waals surface area contributed by atoms with Crippen LogP contribution in [-0.4, -0.2) is 37.0 Å². The van der Waals surface area contributed by atoms with Crippen molar-refractivity contribution in [2.45, 2.75) is 26.2 Å². The largest absolute Gasteiger partial charge is 0.357 e. The number of benzene rings is 1. The molecule has 1 heterocycles. The fraction of sp³-hybridized carbons (Fsp3) is 0.533. The molecule has 0 spiro atoms. The van der Waals surface area contributed by atoms with E-state index in [2.05, 4.69) is 29.3 Å². The second-order valence-corrected chi connectivity index (χ2v) is 5.24. The van der Waals surface area contributed by atoms with E-state index >= 15 is 0 Å². The van der Waals surface area contributed by atoms with Gasteiger partial charge in [-0.1, -0.05) is 23.7 Å². The van der Waals surface area contributed by atoms with Crippen LogP contribution in [0.1, 0.15) is 25.3 Å². The molecule has 0 bridgehead atoms. The van der Waals surface area contributed by atoms with E-state index in [1.165, 1.54) is 18.4 Å². The Labute approximate surface area is 143 Å². The number of rotatable bonds is 4. The number of halogens is 2. The second kappa shape index (κ2) is 9.45. The third-order valence-corrected chi connectivity index (χ3v) is 3.57. The monoisotopic (exact) mass is 407 g/mol. The highest BCUT2D eigenvalue weighted by Gasteiger charge is 2.14. The van der Waals surface area contributed by atoms with E-state index < -0.39 is 0 Å². The maximum absolute atomic E-state index is 5.88. The summed E-state index contributed by atoms with van der Waals surface area (Å²) in [6.07, 6.45) is 3.52. The maximum atomic E-state index is 5.88. The minimum absolute atomic E-state index is 0. The highest BCUT2D eigenvalue weighted by Crippen LogP contribution is 2.10. The Morgan fingerprint density at radius 1 is 1.25 bits per heavy atom. The summed E-state index contributed by atoms with van der Waals surface area (Å²) in [4.78, 5) is 7.06. The Bertz CT molecular complexity index is 414. The smallest absolute Gasteiger partial charge is 0.193 e. The molecule has 0 unspecified atom stereocenters. The van der Waals surface area contributed by atoms with Gasteiger partial charge in [0.1, 0.15) is 0 Å². The lowest BCUT2D eigenvalue weighted by Gasteiger charge is -2.20. The van der Waals surface area contributed by atoms with Gasteiger partial charge in [0.2, 0.25) is 0 Å². The van der Waals surface area contributed by atoms with Crippen LogP contribution >= 0.6 is 35.6 Å². The van der Waals surface area contributed by atoms with Crippen LogP contribution in [-0.2, 0) is 6.42 Å². The van der Waals surface area contributed by atoms with Gasteiger partial charge in [0, 0.05) is 31.2 Å². The van der Waals surface area contributed by atoms with Crippen molar-refractivity contribution in [3.63, 3.8) is 0 Å². The number of nitrogens with zero attached hydrogens (tertiary/aromatic N) is 2. The molecule has 0 aliphatic carbocycles. The van der Waals surface area contributed by atoms with Gasteiger partial charge in [0.25, 0.3) is 0 Å². The zero-order valence-corrected chi connectivity index (χ0v) is 15.0. The molecule has 0 amide bonds. The van der Waals surface area contributed by atoms with Crippen LogP contribution in [0.5, 0.6) is 0 Å². The average molecular weight is 408 g/mol. The molecular weight excluding hydrogens is 385 g/mol. The number of hydrogen-bond acceptors (Lipinski definition) is 1. The number of aliphatic imine (C=N–C) groups is 1. The maximum Gasteiger partial charge on any atom is 0.193 e. The van der Waals surface area contributed by atoms with Crippen molar-refractivity contribution in [1.29, 1.82) is 0 Å². The van der Waals surface area contributed by atoms with E-state index in [9.17, 15) is 0 Å². The first-order valence-corrected chi connectivity index (χ1v) is 7.45. The Morgan fingerprint density at radius 2 is 1.90 bits per heavy atom. The van der Waals surface area contributed by atoms with Gasteiger partial charge < -0.3 is 10.2 Å². The van der Waals surface area contributed by atoms with Crippen molar-refractivity contribution in [1.82, 2.24) is 10.2 Å². The zero-order chi connectivity index (χ0) is 13.5. The Hall–Kier alpha value is -0.490. The average Bonchev–Trinajstić information content (AvgIpc) is 2.94. The molecule has 0 saturated carbocycles. The molecule has 1 saturated heterocycles. The van der Waals surface area contributed by atoms with Crippen LogP contribution in [0.2, 0.25) is 5.02 Å². The first-order valence-electron chi connectivity index (χ1n) is 7.07. The minimum Gasteiger partial charge on any atom is -0.357 e. The van der Waals surface area contributed by atoms with E-state index in [0.717, 1.165) is 43.6 Å². The van der Waals surface area contributed by atoms with Crippen LogP contribution in [0, 0.1) is 0 Å². The normalized spacial score (nSPS) is 15.1. The van der Waals surface area contributed by atoms with E-state index in [-0.39, 0.29) is 24.0 Å². The van der Waals surface area contributed by atoms with E-state index in [1.54, 1.807) is 0 Å². The predicted molar refractivity (Wildman–Crippen MR) is 97.4 cm³/mol. The van der Waals surface area contributed by atoms with Crippen LogP contribution in [0.15, 0.2) is 29.3 Å². The SMILES string of the molecule is CCNC(=NCCc1ccc(Cl)cc1)N1CCCC1.I. The van der Waals surface area contributed by atoms with Gasteiger partial charge in [0.05, 0.1) is 0 Å². The van der Waals surface area contributed by atoms with E-state index in [1.807, 2.05) is 12.1 Å². The highest BCUT2D eigenvalue weighted by molar-refractivity contribution is 14.0. The number of hydrogen-bond donors (Lipinski definition) is 1. The van der Waals surface area contributed by atoms with Crippen molar-refractivity contribution in [3.05, 3.63) is 34.9 Å². The molecule has 1 fully saturated rings. The number of nitrogens with one attached hydrogen (secondary N) is 1. The highest BCUT2D eigenvalue weighted by atomic mass is 127. The van der Waals surface area contributed by atoms with Gasteiger partial charge in [-0.05, 0) is 43.9 Å². The van der Waals surface area contributed by atoms with Crippen molar-refractivity contribution >= 4 is 41.5 Å². The van der Waals surface area contributed by atoms with Gasteiger partial charge in [-0.15, -0.1) is 24.0 Å². The van der Waals surface area contributed by atoms with Crippen molar-refractivity contribution in [2.75, 3.05) is 26.2 Å². The molecule has 1 aromatic carbocycles. The Kier molecular flexibility index (Phi) is 8.30. The molecular formula is C15H23ClIN3. The quantitative estimate of drug-likeness (QED) is 0.469. The van der Waals surface area contributed by atoms with Gasteiger partial charge in [-0.25, -0.2) is 0 Å². The van der Waals surface area contributed by atoms with Crippen molar-refractivity contribution in [2.24, 2.45) is 4.99 Å². The fourth-order valence-electron chi connectivity index (χ4n) is 2.30. The molecule has 3 nitrogen and oxygen atoms in total. The van der Waals surface area contributed by atoms with Gasteiger partial charge >= 0.3 is 0 Å². The topological polar surface area (TPSA) is 27.6 Å². The summed E-state index contributed by atoms with van der Waals surface area (Å²) in [5, 5.41) is 4.16. The molecule has 5 heteroatoms. The zero-order valence-electron chi connectivity index (χ0n) is 11.9. The lowest BCUT2D eigenvalue weighted by molar-refractivity contribution is 0.494. The lowest BCUT2D eigenvalue weighted by Crippen LogP contribution is -2.39. The summed E-state index contributed by atoms with van der Waals surface area (Å²) in [6, 6.07) is 8.01. The molecule has 0 atom stereocenters. The van der Waals surface area contributed by atoms with Gasteiger partial charge in [-0.2, -0.15) is 0 Å². The molecule has 1 aromatic rings. The Balaban J connectivity index is 0.00000200. The molecule has 1 aliphatic rings. The summed E-state index contributed by atoms with van der Waals surface area (Å²) in [7, 11) is 0. The summed E-state index contributed by atoms with van der Waals surface area (Å²) < 4.78 is 0. The standard InChI is InChI=1S/C15H22ClN3.HI/c1-2-17-15(19-11-3-4-12-19)18-10-9-13-5-7-14(16)8-6-13;/h5-8H,2-4,9-12H2,1H3,(H,17,18);1H. The van der Waals surface area contributed by atoms with Crippen LogP contribution < -0.4 is 5.32 Å². The third-order valence-electron chi connectivity index (χ3n) is 3.32. The second-order valence-electron chi connectivity index (χ2n) is 4.81. The summed E-state index contributed by atoms with van der Waals surface area (Å²) >= 11 is 5.88. The molecule has 112 valence electrons. The van der Waals surface area contributed by atoms with Crippen molar-refractivity contribution < 1.29 is 0 Å². The van der Waals surface area contributed by atoms with Crippen molar-refractivity contribution in [3.8, 4) is 0 Å². The van der Waals surface area contributed by atoms with E-state index in [4.69, 9.17) is 16.6 Å². The van der Waals surface area contributed by atoms with Gasteiger partial charge in [0.15, 0.2) is 5.96 Å². The predicted octanol–water partition coefficient (Wildman–Crippen LogP) is 3.56. The van der Waals surface area contributed by atoms with Crippen LogP contribution in [0.25, 0.3) is 0 Å². The summed E-state index contributed by atoms with van der Waals surface area (Å²) in [5.74, 6) is 1.06. The fourth-order valence-corrected chi connectivity index (χ4v) is 2.42. The number of likely N-dealkylation sites (tertiary alicyclic amines) is 1. The van der Waals surface area contributed by atoms with E-state index in [0.29, 0.717) is 0 Å². The number of guanidine groups is 1. The molecule has 0 aromatic heterocycles. The Morgan fingerprint density at radius 3 is 2.50 bits per heavy atom. The summed E-state index contributed by atoms with van der Waals surface area (Å²) in [5.41, 5.74) is 1.28. The van der Waals surface area contributed by atoms with Crippen LogP contribution in [0.4, 0.5) is 0 Å². The molecule has 1 aliphatic heterocycles. The van der Waals surface area contributed by atoms with Crippen LogP contribution in [0.3, 0.4) is 0 Å². The van der Waals surface area contributed by atoms with Gasteiger partial charge in [-0.3, -0.25) is 4.99 Å². The molecule has 2 rings (SSSR count).